The molecule has 0 amide bonds. The van der Waals surface area contributed by atoms with Crippen molar-refractivity contribution in [2.75, 3.05) is 12.5 Å². The normalized spacial score (nSPS) is 9.39. The number of anilines is 1. The average molecular weight is 308 g/mol. The SMILES string of the molecule is COc1cc(NN=C(C#N)C#N)ccc1-c1ccc(C(C)=O)o1. The Morgan fingerprint density at radius 2 is 2.00 bits per heavy atom. The molecule has 0 aliphatic rings. The molecule has 2 aromatic rings. The molecule has 7 heteroatoms. The summed E-state index contributed by atoms with van der Waals surface area (Å²) < 4.78 is 10.8. The first kappa shape index (κ1) is 15.8. The van der Waals surface area contributed by atoms with Crippen LogP contribution in [0.5, 0.6) is 5.75 Å². The Balaban J connectivity index is 2.33. The molecule has 1 N–H and O–H groups in total. The third-order valence-electron chi connectivity index (χ3n) is 2.93. The van der Waals surface area contributed by atoms with Crippen molar-refractivity contribution in [1.82, 2.24) is 0 Å². The van der Waals surface area contributed by atoms with Gasteiger partial charge in [-0.2, -0.15) is 15.6 Å². The van der Waals surface area contributed by atoms with E-state index < -0.39 is 0 Å². The minimum Gasteiger partial charge on any atom is -0.496 e. The fourth-order valence-corrected chi connectivity index (χ4v) is 1.83. The number of benzene rings is 1. The van der Waals surface area contributed by atoms with Gasteiger partial charge in [-0.3, -0.25) is 10.2 Å². The highest BCUT2D eigenvalue weighted by molar-refractivity contribution is 6.10. The highest BCUT2D eigenvalue weighted by Gasteiger charge is 2.13. The topological polar surface area (TPSA) is 111 Å². The van der Waals surface area contributed by atoms with E-state index >= 15 is 0 Å². The Morgan fingerprint density at radius 3 is 2.57 bits per heavy atom. The maximum Gasteiger partial charge on any atom is 0.237 e. The van der Waals surface area contributed by atoms with Gasteiger partial charge in [-0.15, -0.1) is 0 Å². The molecule has 1 aromatic carbocycles. The van der Waals surface area contributed by atoms with Crippen LogP contribution in [0.1, 0.15) is 17.5 Å². The maximum absolute atomic E-state index is 11.3. The van der Waals surface area contributed by atoms with Crippen molar-refractivity contribution in [2.45, 2.75) is 6.92 Å². The van der Waals surface area contributed by atoms with E-state index in [9.17, 15) is 4.79 Å². The number of hydrogen-bond donors (Lipinski definition) is 1. The van der Waals surface area contributed by atoms with E-state index in [1.807, 2.05) is 0 Å². The number of ketones is 1. The van der Waals surface area contributed by atoms with Crippen LogP contribution in [-0.4, -0.2) is 18.6 Å². The standard InChI is InChI=1S/C16H12N4O3/c1-10(21)14-5-6-15(23-14)13-4-3-11(7-16(13)22-2)19-20-12(8-17)9-18/h3-7,19H,1-2H3. The van der Waals surface area contributed by atoms with Crippen molar-refractivity contribution in [3.8, 4) is 29.2 Å². The Morgan fingerprint density at radius 1 is 1.26 bits per heavy atom. The number of Topliss-reactive ketones (excluding diaryl/α,β-unsaturated/α-hetero) is 1. The second-order valence-electron chi connectivity index (χ2n) is 4.43. The third kappa shape index (κ3) is 3.55. The molecular formula is C16H12N4O3. The number of hydrazone groups is 1. The molecule has 0 aliphatic carbocycles. The molecule has 0 fully saturated rings. The van der Waals surface area contributed by atoms with Gasteiger partial charge in [0.05, 0.1) is 18.4 Å². The number of nitrogens with zero attached hydrogens (tertiary/aromatic N) is 3. The van der Waals surface area contributed by atoms with E-state index in [4.69, 9.17) is 19.7 Å². The van der Waals surface area contributed by atoms with Crippen LogP contribution >= 0.6 is 0 Å². The van der Waals surface area contributed by atoms with Gasteiger partial charge >= 0.3 is 0 Å². The molecule has 7 nitrogen and oxygen atoms in total. The molecule has 0 bridgehead atoms. The van der Waals surface area contributed by atoms with Gasteiger partial charge in [-0.05, 0) is 24.3 Å². The van der Waals surface area contributed by atoms with Gasteiger partial charge in [-0.25, -0.2) is 0 Å². The van der Waals surface area contributed by atoms with Crippen molar-refractivity contribution < 1.29 is 13.9 Å². The molecule has 2 rings (SSSR count). The zero-order chi connectivity index (χ0) is 16.8. The van der Waals surface area contributed by atoms with Gasteiger partial charge in [0.2, 0.25) is 5.71 Å². The van der Waals surface area contributed by atoms with Crippen LogP contribution in [0, 0.1) is 22.7 Å². The van der Waals surface area contributed by atoms with Crippen LogP contribution in [0.15, 0.2) is 39.9 Å². The minimum atomic E-state index is -0.287. The Hall–Kier alpha value is -3.58. The average Bonchev–Trinajstić information content (AvgIpc) is 3.05. The van der Waals surface area contributed by atoms with Crippen LogP contribution in [0.4, 0.5) is 5.69 Å². The summed E-state index contributed by atoms with van der Waals surface area (Å²) in [5.74, 6) is 1.09. The molecular weight excluding hydrogens is 296 g/mol. The molecule has 1 heterocycles. The molecule has 1 aromatic heterocycles. The summed E-state index contributed by atoms with van der Waals surface area (Å²) in [5, 5.41) is 20.9. The quantitative estimate of drug-likeness (QED) is 0.516. The molecule has 0 unspecified atom stereocenters. The molecule has 0 atom stereocenters. The summed E-state index contributed by atoms with van der Waals surface area (Å²) in [6, 6.07) is 11.6. The number of ether oxygens (including phenoxy) is 1. The number of furan rings is 1. The van der Waals surface area contributed by atoms with Crippen molar-refractivity contribution in [3.63, 3.8) is 0 Å². The van der Waals surface area contributed by atoms with Crippen LogP contribution < -0.4 is 10.2 Å². The number of hydrogen-bond acceptors (Lipinski definition) is 7. The molecule has 114 valence electrons. The number of nitrogens with one attached hydrogen (secondary N) is 1. The van der Waals surface area contributed by atoms with Crippen LogP contribution in [0.25, 0.3) is 11.3 Å². The van der Waals surface area contributed by atoms with E-state index in [1.165, 1.54) is 14.0 Å². The number of methoxy groups -OCH3 is 1. The number of rotatable bonds is 5. The summed E-state index contributed by atoms with van der Waals surface area (Å²) in [6.07, 6.45) is 0. The minimum absolute atomic E-state index is 0.164. The first-order valence-corrected chi connectivity index (χ1v) is 6.52. The molecule has 0 aliphatic heterocycles. The number of carbonyl (C=O) groups is 1. The van der Waals surface area contributed by atoms with E-state index in [0.29, 0.717) is 22.8 Å². The molecule has 0 saturated heterocycles. The molecule has 0 saturated carbocycles. The highest BCUT2D eigenvalue weighted by Crippen LogP contribution is 2.33. The first-order valence-electron chi connectivity index (χ1n) is 6.52. The van der Waals surface area contributed by atoms with Crippen molar-refractivity contribution in [3.05, 3.63) is 36.1 Å². The van der Waals surface area contributed by atoms with Gasteiger partial charge in [0.15, 0.2) is 11.5 Å². The predicted molar refractivity (Wildman–Crippen MR) is 83.0 cm³/mol. The van der Waals surface area contributed by atoms with E-state index in [1.54, 1.807) is 42.5 Å². The lowest BCUT2D eigenvalue weighted by Crippen LogP contribution is -1.97. The summed E-state index contributed by atoms with van der Waals surface area (Å²) in [5.41, 5.74) is 3.51. The molecule has 23 heavy (non-hydrogen) atoms. The smallest absolute Gasteiger partial charge is 0.237 e. The van der Waals surface area contributed by atoms with Crippen molar-refractivity contribution in [1.29, 1.82) is 10.5 Å². The van der Waals surface area contributed by atoms with Gasteiger partial charge < -0.3 is 9.15 Å². The first-order chi connectivity index (χ1) is 11.1. The highest BCUT2D eigenvalue weighted by atomic mass is 16.5. The zero-order valence-corrected chi connectivity index (χ0v) is 12.5. The summed E-state index contributed by atoms with van der Waals surface area (Å²) in [6.45, 7) is 1.42. The third-order valence-corrected chi connectivity index (χ3v) is 2.93. The number of nitriles is 2. The van der Waals surface area contributed by atoms with Gasteiger partial charge in [-0.1, -0.05) is 0 Å². The van der Waals surface area contributed by atoms with E-state index in [-0.39, 0.29) is 17.3 Å². The summed E-state index contributed by atoms with van der Waals surface area (Å²) in [4.78, 5) is 11.3. The fourth-order valence-electron chi connectivity index (χ4n) is 1.83. The Kier molecular flexibility index (Phi) is 4.75. The van der Waals surface area contributed by atoms with Gasteiger partial charge in [0, 0.05) is 13.0 Å². The van der Waals surface area contributed by atoms with Crippen LogP contribution in [0.2, 0.25) is 0 Å². The fraction of sp³-hybridized carbons (Fsp3) is 0.125. The lowest BCUT2D eigenvalue weighted by Gasteiger charge is -2.08. The van der Waals surface area contributed by atoms with Gasteiger partial charge in [0.1, 0.15) is 23.6 Å². The lowest BCUT2D eigenvalue weighted by atomic mass is 10.1. The van der Waals surface area contributed by atoms with Crippen LogP contribution in [0.3, 0.4) is 0 Å². The molecule has 0 spiro atoms. The summed E-state index contributed by atoms with van der Waals surface area (Å²) >= 11 is 0. The van der Waals surface area contributed by atoms with Gasteiger partial charge in [0.25, 0.3) is 0 Å². The second kappa shape index (κ2) is 6.92. The largest absolute Gasteiger partial charge is 0.496 e. The van der Waals surface area contributed by atoms with Crippen molar-refractivity contribution >= 4 is 17.2 Å². The molecule has 0 radical (unpaired) electrons. The Bertz CT molecular complexity index is 837. The maximum atomic E-state index is 11.3. The predicted octanol–water partition coefficient (Wildman–Crippen LogP) is 2.97. The van der Waals surface area contributed by atoms with E-state index in [0.717, 1.165) is 0 Å². The zero-order valence-electron chi connectivity index (χ0n) is 12.5. The second-order valence-corrected chi connectivity index (χ2v) is 4.43. The van der Waals surface area contributed by atoms with Crippen LogP contribution in [-0.2, 0) is 0 Å². The monoisotopic (exact) mass is 308 g/mol. The number of carbonyl (C=O) groups excluding carboxylic acids is 1. The Labute approximate surface area is 132 Å². The van der Waals surface area contributed by atoms with Crippen molar-refractivity contribution in [2.24, 2.45) is 5.10 Å². The lowest BCUT2D eigenvalue weighted by molar-refractivity contribution is 0.0988. The van der Waals surface area contributed by atoms with E-state index in [2.05, 4.69) is 10.5 Å². The summed E-state index contributed by atoms with van der Waals surface area (Å²) in [7, 11) is 1.50.